The molecule has 4 nitrogen and oxygen atoms in total. The molecule has 0 saturated heterocycles. The Hall–Kier alpha value is -1.10. The minimum absolute atomic E-state index is 0.726. The normalized spacial score (nSPS) is 11.5. The number of aryl methyl sites for hydroxylation is 1. The van der Waals surface area contributed by atoms with Crippen molar-refractivity contribution in [1.82, 2.24) is 15.6 Å². The van der Waals surface area contributed by atoms with E-state index in [0.29, 0.717) is 0 Å². The Morgan fingerprint density at radius 3 is 2.93 bits per heavy atom. The molecule has 0 fully saturated rings. The molecule has 5 heteroatoms. The van der Waals surface area contributed by atoms with Crippen LogP contribution >= 0.6 is 11.3 Å². The maximum absolute atomic E-state index is 4.44. The second-order valence-corrected chi connectivity index (χ2v) is 3.70. The van der Waals surface area contributed by atoms with Crippen LogP contribution < -0.4 is 10.6 Å². The summed E-state index contributed by atoms with van der Waals surface area (Å²) in [6.07, 6.45) is 1.01. The molecule has 0 aliphatic carbocycles. The monoisotopic (exact) mass is 212 g/mol. The zero-order valence-corrected chi connectivity index (χ0v) is 9.61. The van der Waals surface area contributed by atoms with Crippen LogP contribution in [-0.4, -0.2) is 25.0 Å². The Kier molecular flexibility index (Phi) is 4.39. The molecule has 0 saturated carbocycles. The maximum atomic E-state index is 4.44. The minimum atomic E-state index is 0.726. The number of hydrogen-bond acceptors (Lipinski definition) is 3. The third kappa shape index (κ3) is 2.99. The van der Waals surface area contributed by atoms with E-state index in [9.17, 15) is 0 Å². The summed E-state index contributed by atoms with van der Waals surface area (Å²) in [5.41, 5.74) is 1.07. The van der Waals surface area contributed by atoms with E-state index < -0.39 is 0 Å². The summed E-state index contributed by atoms with van der Waals surface area (Å²) in [4.78, 5) is 8.46. The number of hydrogen-bond donors (Lipinski definition) is 2. The van der Waals surface area contributed by atoms with E-state index in [0.717, 1.165) is 24.6 Å². The first kappa shape index (κ1) is 11.0. The van der Waals surface area contributed by atoms with Crippen molar-refractivity contribution in [1.29, 1.82) is 0 Å². The van der Waals surface area contributed by atoms with Crippen molar-refractivity contribution in [3.05, 3.63) is 16.1 Å². The lowest BCUT2D eigenvalue weighted by Crippen LogP contribution is -2.34. The van der Waals surface area contributed by atoms with E-state index in [2.05, 4.69) is 32.9 Å². The molecule has 0 radical (unpaired) electrons. The molecule has 1 aromatic rings. The van der Waals surface area contributed by atoms with Crippen LogP contribution in [0, 0.1) is 0 Å². The van der Waals surface area contributed by atoms with Gasteiger partial charge in [0.25, 0.3) is 0 Å². The molecule has 0 aliphatic rings. The summed E-state index contributed by atoms with van der Waals surface area (Å²) in [7, 11) is 3.59. The smallest absolute Gasteiger partial charge is 0.191 e. The van der Waals surface area contributed by atoms with Crippen molar-refractivity contribution < 1.29 is 0 Å². The largest absolute Gasteiger partial charge is 0.359 e. The lowest BCUT2D eigenvalue weighted by molar-refractivity contribution is 0.837. The van der Waals surface area contributed by atoms with Crippen molar-refractivity contribution in [2.75, 3.05) is 14.1 Å². The van der Waals surface area contributed by atoms with Crippen LogP contribution in [0.1, 0.15) is 17.6 Å². The van der Waals surface area contributed by atoms with Gasteiger partial charge >= 0.3 is 0 Å². The van der Waals surface area contributed by atoms with Crippen molar-refractivity contribution in [3.63, 3.8) is 0 Å². The molecule has 0 atom stereocenters. The topological polar surface area (TPSA) is 49.3 Å². The van der Waals surface area contributed by atoms with Crippen molar-refractivity contribution in [2.45, 2.75) is 19.9 Å². The van der Waals surface area contributed by atoms with Gasteiger partial charge in [-0.1, -0.05) is 6.92 Å². The number of guanidine groups is 1. The summed E-state index contributed by atoms with van der Waals surface area (Å²) in [5, 5.41) is 9.37. The standard InChI is InChI=1S/C9H16N4S/c1-4-8-13-7(6-14-8)5-12-9(10-2)11-3/h6H,4-5H2,1-3H3,(H2,10,11,12). The van der Waals surface area contributed by atoms with E-state index in [4.69, 9.17) is 0 Å². The van der Waals surface area contributed by atoms with Gasteiger partial charge in [0.05, 0.1) is 17.2 Å². The van der Waals surface area contributed by atoms with Gasteiger partial charge in [0, 0.05) is 19.5 Å². The lowest BCUT2D eigenvalue weighted by atomic mass is 10.4. The third-order valence-electron chi connectivity index (χ3n) is 1.80. The molecule has 2 N–H and O–H groups in total. The molecule has 14 heavy (non-hydrogen) atoms. The first-order chi connectivity index (χ1) is 6.80. The van der Waals surface area contributed by atoms with E-state index in [1.165, 1.54) is 5.01 Å². The van der Waals surface area contributed by atoms with E-state index in [1.807, 2.05) is 7.05 Å². The van der Waals surface area contributed by atoms with Crippen LogP contribution in [0.4, 0.5) is 0 Å². The highest BCUT2D eigenvalue weighted by atomic mass is 32.1. The second kappa shape index (κ2) is 5.59. The Morgan fingerprint density at radius 2 is 2.43 bits per heavy atom. The predicted octanol–water partition coefficient (Wildman–Crippen LogP) is 1.00. The van der Waals surface area contributed by atoms with Gasteiger partial charge in [-0.15, -0.1) is 11.3 Å². The average Bonchev–Trinajstić information content (AvgIpc) is 2.67. The van der Waals surface area contributed by atoms with Crippen LogP contribution in [0.5, 0.6) is 0 Å². The molecule has 0 amide bonds. The Morgan fingerprint density at radius 1 is 1.64 bits per heavy atom. The van der Waals surface area contributed by atoms with Crippen LogP contribution in [0.3, 0.4) is 0 Å². The van der Waals surface area contributed by atoms with Gasteiger partial charge in [0.2, 0.25) is 0 Å². The first-order valence-electron chi connectivity index (χ1n) is 4.61. The molecule has 1 aromatic heterocycles. The van der Waals surface area contributed by atoms with Gasteiger partial charge in [0.1, 0.15) is 0 Å². The van der Waals surface area contributed by atoms with Crippen molar-refractivity contribution in [2.24, 2.45) is 4.99 Å². The quantitative estimate of drug-likeness (QED) is 0.580. The van der Waals surface area contributed by atoms with Crippen molar-refractivity contribution in [3.8, 4) is 0 Å². The van der Waals surface area contributed by atoms with E-state index >= 15 is 0 Å². The Labute approximate surface area is 88.5 Å². The number of aliphatic imine (C=N–C) groups is 1. The highest BCUT2D eigenvalue weighted by Crippen LogP contribution is 2.09. The van der Waals surface area contributed by atoms with Gasteiger partial charge < -0.3 is 10.6 Å². The minimum Gasteiger partial charge on any atom is -0.359 e. The summed E-state index contributed by atoms with van der Waals surface area (Å²) in [5.74, 6) is 0.788. The van der Waals surface area contributed by atoms with Crippen LogP contribution in [0.25, 0.3) is 0 Å². The molecule has 0 spiro atoms. The first-order valence-corrected chi connectivity index (χ1v) is 5.49. The molecular formula is C9H16N4S. The SMILES string of the molecule is CCc1nc(CNC(=NC)NC)cs1. The highest BCUT2D eigenvalue weighted by Gasteiger charge is 2.00. The van der Waals surface area contributed by atoms with Crippen molar-refractivity contribution >= 4 is 17.3 Å². The summed E-state index contributed by atoms with van der Waals surface area (Å²) in [6.45, 7) is 2.84. The zero-order chi connectivity index (χ0) is 10.4. The predicted molar refractivity (Wildman–Crippen MR) is 60.8 cm³/mol. The summed E-state index contributed by atoms with van der Waals surface area (Å²) < 4.78 is 0. The summed E-state index contributed by atoms with van der Waals surface area (Å²) in [6, 6.07) is 0. The molecule has 0 aliphatic heterocycles. The average molecular weight is 212 g/mol. The lowest BCUT2D eigenvalue weighted by Gasteiger charge is -2.05. The molecule has 78 valence electrons. The van der Waals surface area contributed by atoms with Crippen LogP contribution in [0.15, 0.2) is 10.4 Å². The fourth-order valence-corrected chi connectivity index (χ4v) is 1.79. The van der Waals surface area contributed by atoms with E-state index in [1.54, 1.807) is 18.4 Å². The number of rotatable bonds is 3. The number of nitrogens with zero attached hydrogens (tertiary/aromatic N) is 2. The van der Waals surface area contributed by atoms with Gasteiger partial charge in [-0.25, -0.2) is 4.98 Å². The molecule has 0 aromatic carbocycles. The number of nitrogens with one attached hydrogen (secondary N) is 2. The Bertz CT molecular complexity index is 306. The van der Waals surface area contributed by atoms with Crippen LogP contribution in [-0.2, 0) is 13.0 Å². The zero-order valence-electron chi connectivity index (χ0n) is 8.79. The fourth-order valence-electron chi connectivity index (χ4n) is 1.05. The maximum Gasteiger partial charge on any atom is 0.191 e. The number of aromatic nitrogens is 1. The Balaban J connectivity index is 2.45. The van der Waals surface area contributed by atoms with E-state index in [-0.39, 0.29) is 0 Å². The molecule has 1 heterocycles. The number of thiazole rings is 1. The fraction of sp³-hybridized carbons (Fsp3) is 0.556. The van der Waals surface area contributed by atoms with Gasteiger partial charge in [-0.2, -0.15) is 0 Å². The second-order valence-electron chi connectivity index (χ2n) is 2.76. The van der Waals surface area contributed by atoms with Gasteiger partial charge in [-0.05, 0) is 6.42 Å². The molecular weight excluding hydrogens is 196 g/mol. The molecule has 1 rings (SSSR count). The molecule has 0 bridgehead atoms. The third-order valence-corrected chi connectivity index (χ3v) is 2.84. The summed E-state index contributed by atoms with van der Waals surface area (Å²) >= 11 is 1.71. The van der Waals surface area contributed by atoms with Gasteiger partial charge in [-0.3, -0.25) is 4.99 Å². The molecule has 0 unspecified atom stereocenters. The van der Waals surface area contributed by atoms with Crippen LogP contribution in [0.2, 0.25) is 0 Å². The van der Waals surface area contributed by atoms with Gasteiger partial charge in [0.15, 0.2) is 5.96 Å². The highest BCUT2D eigenvalue weighted by molar-refractivity contribution is 7.09.